The SMILES string of the molecule is C1#CCN=C2c3cccc[n+]3[C@@]23[N+](=Cc2cccc[n+]23)CC#CC=C1. The summed E-state index contributed by atoms with van der Waals surface area (Å²) in [5, 5.41) is 0. The summed E-state index contributed by atoms with van der Waals surface area (Å²) in [6, 6.07) is 12.4. The minimum atomic E-state index is -0.494. The van der Waals surface area contributed by atoms with Crippen molar-refractivity contribution in [3.63, 3.8) is 0 Å². The highest BCUT2D eigenvalue weighted by Crippen LogP contribution is 2.27. The van der Waals surface area contributed by atoms with Crippen LogP contribution in [0.2, 0.25) is 0 Å². The molecule has 4 nitrogen and oxygen atoms in total. The van der Waals surface area contributed by atoms with E-state index in [9.17, 15) is 0 Å². The van der Waals surface area contributed by atoms with Crippen LogP contribution < -0.4 is 9.13 Å². The van der Waals surface area contributed by atoms with Gasteiger partial charge in [-0.2, -0.15) is 0 Å². The van der Waals surface area contributed by atoms with E-state index in [1.807, 2.05) is 6.07 Å². The Morgan fingerprint density at radius 1 is 0.920 bits per heavy atom. The summed E-state index contributed by atoms with van der Waals surface area (Å²) in [5.41, 5.74) is 3.28. The number of hydrogen-bond donors (Lipinski definition) is 0. The topological polar surface area (TPSA) is 23.1 Å². The van der Waals surface area contributed by atoms with Crippen LogP contribution in [0, 0.1) is 23.7 Å². The summed E-state index contributed by atoms with van der Waals surface area (Å²) < 4.78 is 6.77. The van der Waals surface area contributed by atoms with Gasteiger partial charge in [-0.1, -0.05) is 31.5 Å². The van der Waals surface area contributed by atoms with E-state index in [4.69, 9.17) is 4.99 Å². The average molecular weight is 323 g/mol. The molecule has 0 aromatic carbocycles. The number of hydrogen-bond acceptors (Lipinski definition) is 1. The molecular formula is C21H15N4+3. The maximum atomic E-state index is 4.86. The first-order valence-electron chi connectivity index (χ1n) is 8.23. The van der Waals surface area contributed by atoms with Gasteiger partial charge >= 0.3 is 11.5 Å². The van der Waals surface area contributed by atoms with E-state index in [0.717, 1.165) is 17.1 Å². The van der Waals surface area contributed by atoms with Gasteiger partial charge in [0, 0.05) is 24.3 Å². The fraction of sp³-hybridized carbons (Fsp3) is 0.143. The molecule has 0 amide bonds. The lowest BCUT2D eigenvalue weighted by Gasteiger charge is -2.25. The van der Waals surface area contributed by atoms with E-state index in [1.165, 1.54) is 0 Å². The first-order chi connectivity index (χ1) is 12.4. The fourth-order valence-electron chi connectivity index (χ4n) is 3.72. The lowest BCUT2D eigenvalue weighted by Crippen LogP contribution is -2.89. The van der Waals surface area contributed by atoms with Gasteiger partial charge in [-0.25, -0.2) is 4.99 Å². The zero-order valence-corrected chi connectivity index (χ0v) is 13.6. The van der Waals surface area contributed by atoms with E-state index in [0.29, 0.717) is 13.1 Å². The van der Waals surface area contributed by atoms with Crippen LogP contribution in [0.4, 0.5) is 0 Å². The molecule has 2 aromatic rings. The lowest BCUT2D eigenvalue weighted by molar-refractivity contribution is -1.11. The number of nitrogens with zero attached hydrogens (tertiary/aromatic N) is 4. The number of allylic oxidation sites excluding steroid dienone is 2. The van der Waals surface area contributed by atoms with E-state index in [2.05, 4.69) is 86.3 Å². The van der Waals surface area contributed by atoms with Crippen LogP contribution in [0.5, 0.6) is 0 Å². The maximum absolute atomic E-state index is 4.86. The Bertz CT molecular complexity index is 1120. The van der Waals surface area contributed by atoms with Crippen molar-refractivity contribution in [3.8, 4) is 23.7 Å². The van der Waals surface area contributed by atoms with Crippen molar-refractivity contribution in [3.05, 3.63) is 72.3 Å². The molecule has 4 heteroatoms. The molecule has 0 N–H and O–H groups in total. The molecule has 1 atom stereocenters. The minimum absolute atomic E-state index is 0.473. The molecule has 25 heavy (non-hydrogen) atoms. The van der Waals surface area contributed by atoms with Crippen molar-refractivity contribution in [2.45, 2.75) is 5.79 Å². The fourth-order valence-corrected chi connectivity index (χ4v) is 3.72. The van der Waals surface area contributed by atoms with E-state index >= 15 is 0 Å². The highest BCUT2D eigenvalue weighted by Gasteiger charge is 2.80. The molecule has 1 spiro atoms. The number of rotatable bonds is 0. The Labute approximate surface area is 146 Å². The molecule has 0 bridgehead atoms. The second kappa shape index (κ2) is 5.26. The van der Waals surface area contributed by atoms with Gasteiger partial charge < -0.3 is 0 Å². The summed E-state index contributed by atoms with van der Waals surface area (Å²) >= 11 is 0. The van der Waals surface area contributed by atoms with Crippen molar-refractivity contribution >= 4 is 11.9 Å². The van der Waals surface area contributed by atoms with Gasteiger partial charge in [-0.3, -0.25) is 0 Å². The highest BCUT2D eigenvalue weighted by atomic mass is 15.5. The maximum Gasteiger partial charge on any atom is 0.609 e. The molecule has 0 saturated carbocycles. The van der Waals surface area contributed by atoms with E-state index in [1.54, 1.807) is 12.2 Å². The zero-order valence-electron chi connectivity index (χ0n) is 13.6. The summed E-state index contributed by atoms with van der Waals surface area (Å²) in [7, 11) is 0. The summed E-state index contributed by atoms with van der Waals surface area (Å²) in [5.74, 6) is 11.9. The second-order valence-corrected chi connectivity index (χ2v) is 5.98. The molecule has 0 aliphatic carbocycles. The molecule has 0 radical (unpaired) electrons. The average Bonchev–Trinajstić information content (AvgIpc) is 2.98. The molecule has 5 heterocycles. The van der Waals surface area contributed by atoms with Crippen LogP contribution in [0.1, 0.15) is 11.4 Å². The lowest BCUT2D eigenvalue weighted by atomic mass is 9.97. The Morgan fingerprint density at radius 2 is 1.72 bits per heavy atom. The minimum Gasteiger partial charge on any atom is -0.250 e. The molecule has 116 valence electrons. The van der Waals surface area contributed by atoms with Crippen molar-refractivity contribution in [1.29, 1.82) is 0 Å². The van der Waals surface area contributed by atoms with Crippen LogP contribution in [-0.2, 0) is 5.79 Å². The van der Waals surface area contributed by atoms with Gasteiger partial charge in [0.1, 0.15) is 6.54 Å². The largest absolute Gasteiger partial charge is 0.609 e. The molecular weight excluding hydrogens is 308 g/mol. The first kappa shape index (κ1) is 13.9. The monoisotopic (exact) mass is 323 g/mol. The Morgan fingerprint density at radius 3 is 2.64 bits per heavy atom. The van der Waals surface area contributed by atoms with Gasteiger partial charge in [0.2, 0.25) is 12.8 Å². The van der Waals surface area contributed by atoms with Gasteiger partial charge in [-0.05, 0) is 30.2 Å². The first-order valence-corrected chi connectivity index (χ1v) is 8.23. The van der Waals surface area contributed by atoms with Crippen molar-refractivity contribution < 1.29 is 13.7 Å². The predicted octanol–water partition coefficient (Wildman–Crippen LogP) is 0.244. The summed E-state index contributed by atoms with van der Waals surface area (Å²) in [4.78, 5) is 4.86. The van der Waals surface area contributed by atoms with Gasteiger partial charge in [0.05, 0.1) is 0 Å². The summed E-state index contributed by atoms with van der Waals surface area (Å²) in [6.07, 6.45) is 9.95. The molecule has 0 saturated heterocycles. The Hall–Kier alpha value is -3.50. The van der Waals surface area contributed by atoms with E-state index < -0.39 is 5.79 Å². The zero-order chi connectivity index (χ0) is 16.7. The second-order valence-electron chi connectivity index (χ2n) is 5.98. The molecule has 3 aliphatic rings. The quantitative estimate of drug-likeness (QED) is 0.490. The van der Waals surface area contributed by atoms with Crippen LogP contribution in [-0.4, -0.2) is 29.6 Å². The van der Waals surface area contributed by atoms with Crippen molar-refractivity contribution in [2.75, 3.05) is 13.1 Å². The normalized spacial score (nSPS) is 21.8. The molecule has 3 aliphatic heterocycles. The van der Waals surface area contributed by atoms with Crippen molar-refractivity contribution in [2.24, 2.45) is 4.99 Å². The number of aliphatic imine (C=N–C) groups is 1. The smallest absolute Gasteiger partial charge is 0.250 e. The third kappa shape index (κ3) is 1.80. The third-order valence-corrected chi connectivity index (χ3v) is 4.69. The van der Waals surface area contributed by atoms with Gasteiger partial charge in [-0.15, -0.1) is 0 Å². The van der Waals surface area contributed by atoms with Gasteiger partial charge in [0.25, 0.3) is 11.4 Å². The highest BCUT2D eigenvalue weighted by molar-refractivity contribution is 6.04. The van der Waals surface area contributed by atoms with Crippen LogP contribution >= 0.6 is 0 Å². The van der Waals surface area contributed by atoms with E-state index in [-0.39, 0.29) is 0 Å². The van der Waals surface area contributed by atoms with Crippen LogP contribution in [0.3, 0.4) is 0 Å². The summed E-state index contributed by atoms with van der Waals surface area (Å²) in [6.45, 7) is 1.08. The Balaban J connectivity index is 1.82. The van der Waals surface area contributed by atoms with Crippen molar-refractivity contribution in [1.82, 2.24) is 0 Å². The molecule has 0 fully saturated rings. The number of fused-ring (bicyclic) bond motifs is 3. The molecule has 5 rings (SSSR count). The number of aromatic nitrogens is 2. The Kier molecular flexibility index (Phi) is 2.92. The molecule has 0 unspecified atom stereocenters. The molecule has 2 aromatic heterocycles. The van der Waals surface area contributed by atoms with Gasteiger partial charge in [0.15, 0.2) is 12.4 Å². The van der Waals surface area contributed by atoms with Crippen LogP contribution in [0.25, 0.3) is 0 Å². The third-order valence-electron chi connectivity index (χ3n) is 4.69. The predicted molar refractivity (Wildman–Crippen MR) is 93.0 cm³/mol. The standard InChI is InChI=1S/C21H15N4/c1-2-4-8-14-23-17-18-11-5-9-15-24(18)21(23)20(22-13-7-3-1)19-12-6-10-16-25(19)21/h1-2,5-6,9-12,15-17H,13-14H2/q+3/t21-/m1/s1. The number of pyridine rings is 2. The van der Waals surface area contributed by atoms with Crippen LogP contribution in [0.15, 0.2) is 65.9 Å².